The number of para-hydroxylation sites is 4. The minimum atomic E-state index is 0.896. The fourth-order valence-corrected chi connectivity index (χ4v) is 9.26. The highest BCUT2D eigenvalue weighted by Crippen LogP contribution is 2.46. The van der Waals surface area contributed by atoms with Gasteiger partial charge >= 0.3 is 0 Å². The molecule has 11 rings (SSSR count). The van der Waals surface area contributed by atoms with Gasteiger partial charge in [0.25, 0.3) is 0 Å². The molecular weight excluding hydrogens is 629 g/mol. The van der Waals surface area contributed by atoms with Crippen molar-refractivity contribution in [2.45, 2.75) is 0 Å². The van der Waals surface area contributed by atoms with Crippen molar-refractivity contribution in [2.75, 3.05) is 0 Å². The number of hydrogen-bond donors (Lipinski definition) is 0. The van der Waals surface area contributed by atoms with Crippen LogP contribution in [0.25, 0.3) is 97.8 Å². The molecule has 0 radical (unpaired) electrons. The molecule has 0 aliphatic heterocycles. The zero-order chi connectivity index (χ0) is 32.8. The monoisotopic (exact) mass is 656 g/mol. The first-order valence-corrected chi connectivity index (χ1v) is 17.8. The standard InChI is InChI=1S/C46H28N2OS/c1-3-12-32(13-4-1)47-39-20-9-7-16-35(39)44-42(47)37-27-26-31(28-41(37)49-44)29-22-24-30(25-23-29)34-18-11-19-38-43-46(50-45(34)38)36-17-8-10-21-40(36)48(43)33-14-5-2-6-15-33/h1-28H. The van der Waals surface area contributed by atoms with Crippen LogP contribution >= 0.6 is 11.3 Å². The van der Waals surface area contributed by atoms with E-state index < -0.39 is 0 Å². The summed E-state index contributed by atoms with van der Waals surface area (Å²) in [5.74, 6) is 0. The molecule has 0 unspecified atom stereocenters. The van der Waals surface area contributed by atoms with Crippen LogP contribution in [0.4, 0.5) is 0 Å². The molecule has 7 aromatic carbocycles. The molecule has 11 aromatic rings. The highest BCUT2D eigenvalue weighted by molar-refractivity contribution is 7.27. The normalized spacial score (nSPS) is 12.0. The summed E-state index contributed by atoms with van der Waals surface area (Å²) in [5.41, 5.74) is 13.7. The Hall–Kier alpha value is -6.36. The van der Waals surface area contributed by atoms with E-state index in [0.717, 1.165) is 49.8 Å². The molecule has 0 N–H and O–H groups in total. The van der Waals surface area contributed by atoms with Gasteiger partial charge < -0.3 is 13.6 Å². The molecule has 4 aromatic heterocycles. The number of furan rings is 1. The Labute approximate surface area is 291 Å². The van der Waals surface area contributed by atoms with Crippen LogP contribution in [0.1, 0.15) is 0 Å². The molecule has 0 amide bonds. The zero-order valence-electron chi connectivity index (χ0n) is 26.9. The van der Waals surface area contributed by atoms with Gasteiger partial charge in [0.1, 0.15) is 11.1 Å². The first kappa shape index (κ1) is 27.6. The van der Waals surface area contributed by atoms with Crippen LogP contribution in [0.5, 0.6) is 0 Å². The Bertz CT molecular complexity index is 3070. The van der Waals surface area contributed by atoms with Gasteiger partial charge in [-0.05, 0) is 76.9 Å². The van der Waals surface area contributed by atoms with E-state index >= 15 is 0 Å². The maximum Gasteiger partial charge on any atom is 0.161 e. The van der Waals surface area contributed by atoms with Crippen LogP contribution < -0.4 is 0 Å². The van der Waals surface area contributed by atoms with Gasteiger partial charge in [0.2, 0.25) is 0 Å². The molecule has 0 fully saturated rings. The summed E-state index contributed by atoms with van der Waals surface area (Å²) >= 11 is 1.90. The average molecular weight is 657 g/mol. The SMILES string of the molecule is c1ccc(-n2c3ccccc3c3oc4cc(-c5ccc(-c6cccc7c6sc6c8ccccc8n(-c8ccccc8)c76)cc5)ccc4c32)cc1. The van der Waals surface area contributed by atoms with Crippen LogP contribution in [0.3, 0.4) is 0 Å². The molecule has 0 atom stereocenters. The first-order chi connectivity index (χ1) is 24.8. The third kappa shape index (κ3) is 3.91. The Balaban J connectivity index is 1.03. The lowest BCUT2D eigenvalue weighted by Gasteiger charge is -2.09. The van der Waals surface area contributed by atoms with E-state index in [-0.39, 0.29) is 0 Å². The van der Waals surface area contributed by atoms with E-state index in [0.29, 0.717) is 0 Å². The van der Waals surface area contributed by atoms with E-state index in [1.807, 2.05) is 11.3 Å². The van der Waals surface area contributed by atoms with Gasteiger partial charge in [0.05, 0.1) is 21.3 Å². The van der Waals surface area contributed by atoms with E-state index in [9.17, 15) is 0 Å². The van der Waals surface area contributed by atoms with Crippen molar-refractivity contribution in [1.29, 1.82) is 0 Å². The molecule has 234 valence electrons. The smallest absolute Gasteiger partial charge is 0.161 e. The third-order valence-electron chi connectivity index (χ3n) is 10.1. The maximum absolute atomic E-state index is 6.64. The molecule has 50 heavy (non-hydrogen) atoms. The molecule has 0 aliphatic carbocycles. The van der Waals surface area contributed by atoms with Crippen molar-refractivity contribution in [1.82, 2.24) is 9.13 Å². The summed E-state index contributed by atoms with van der Waals surface area (Å²) in [6.45, 7) is 0. The predicted octanol–water partition coefficient (Wildman–Crippen LogP) is 13.2. The van der Waals surface area contributed by atoms with Crippen LogP contribution in [0, 0.1) is 0 Å². The van der Waals surface area contributed by atoms with E-state index in [1.54, 1.807) is 0 Å². The van der Waals surface area contributed by atoms with Gasteiger partial charge in [0, 0.05) is 37.6 Å². The first-order valence-electron chi connectivity index (χ1n) is 16.9. The molecular formula is C46H28N2OS. The second-order valence-electron chi connectivity index (χ2n) is 12.9. The van der Waals surface area contributed by atoms with E-state index in [1.165, 1.54) is 48.0 Å². The maximum atomic E-state index is 6.64. The number of thiophene rings is 1. The van der Waals surface area contributed by atoms with Gasteiger partial charge in [-0.25, -0.2) is 0 Å². The van der Waals surface area contributed by atoms with E-state index in [4.69, 9.17) is 4.42 Å². The predicted molar refractivity (Wildman–Crippen MR) is 211 cm³/mol. The number of fused-ring (bicyclic) bond motifs is 10. The van der Waals surface area contributed by atoms with Crippen LogP contribution in [-0.4, -0.2) is 9.13 Å². The summed E-state index contributed by atoms with van der Waals surface area (Å²) in [6.07, 6.45) is 0. The second kappa shape index (κ2) is 10.6. The van der Waals surface area contributed by atoms with Gasteiger partial charge in [-0.2, -0.15) is 0 Å². The molecule has 0 bridgehead atoms. The summed E-state index contributed by atoms with van der Waals surface area (Å²) in [7, 11) is 0. The Kier molecular flexibility index (Phi) is 5.83. The highest BCUT2D eigenvalue weighted by atomic mass is 32.1. The van der Waals surface area contributed by atoms with Crippen molar-refractivity contribution in [3.8, 4) is 33.6 Å². The van der Waals surface area contributed by atoms with Gasteiger partial charge in [-0.15, -0.1) is 11.3 Å². The fraction of sp³-hybridized carbons (Fsp3) is 0. The van der Waals surface area contributed by atoms with Crippen LogP contribution in [0.15, 0.2) is 174 Å². The minimum Gasteiger partial charge on any atom is -0.454 e. The third-order valence-corrected chi connectivity index (χ3v) is 11.4. The minimum absolute atomic E-state index is 0.896. The number of hydrogen-bond acceptors (Lipinski definition) is 2. The summed E-state index contributed by atoms with van der Waals surface area (Å²) < 4.78 is 14.0. The molecule has 0 spiro atoms. The van der Waals surface area contributed by atoms with E-state index in [2.05, 4.69) is 179 Å². The molecule has 0 saturated heterocycles. The van der Waals surface area contributed by atoms with Crippen molar-refractivity contribution in [3.05, 3.63) is 170 Å². The number of rotatable bonds is 4. The van der Waals surface area contributed by atoms with Crippen molar-refractivity contribution < 1.29 is 4.42 Å². The average Bonchev–Trinajstić information content (AvgIpc) is 3.92. The Morgan fingerprint density at radius 1 is 0.400 bits per heavy atom. The van der Waals surface area contributed by atoms with Crippen LogP contribution in [0.2, 0.25) is 0 Å². The Morgan fingerprint density at radius 2 is 0.980 bits per heavy atom. The molecule has 4 heterocycles. The summed E-state index contributed by atoms with van der Waals surface area (Å²) in [6, 6.07) is 60.9. The molecule has 0 saturated carbocycles. The lowest BCUT2D eigenvalue weighted by molar-refractivity contribution is 0.673. The van der Waals surface area contributed by atoms with Crippen LogP contribution in [-0.2, 0) is 0 Å². The van der Waals surface area contributed by atoms with Gasteiger partial charge in [-0.1, -0.05) is 115 Å². The lowest BCUT2D eigenvalue weighted by atomic mass is 9.99. The van der Waals surface area contributed by atoms with Gasteiger partial charge in [-0.3, -0.25) is 0 Å². The quantitative estimate of drug-likeness (QED) is 0.185. The molecule has 0 aliphatic rings. The van der Waals surface area contributed by atoms with Gasteiger partial charge in [0.15, 0.2) is 5.58 Å². The summed E-state index contributed by atoms with van der Waals surface area (Å²) in [4.78, 5) is 0. The largest absolute Gasteiger partial charge is 0.454 e. The highest BCUT2D eigenvalue weighted by Gasteiger charge is 2.21. The number of aromatic nitrogens is 2. The molecule has 3 nitrogen and oxygen atoms in total. The summed E-state index contributed by atoms with van der Waals surface area (Å²) in [5, 5.41) is 4.82. The van der Waals surface area contributed by atoms with Crippen molar-refractivity contribution in [3.63, 3.8) is 0 Å². The topological polar surface area (TPSA) is 23.0 Å². The fourth-order valence-electron chi connectivity index (χ4n) is 7.90. The second-order valence-corrected chi connectivity index (χ2v) is 13.9. The number of nitrogens with zero attached hydrogens (tertiary/aromatic N) is 2. The number of benzene rings is 7. The zero-order valence-corrected chi connectivity index (χ0v) is 27.7. The van der Waals surface area contributed by atoms with Crippen molar-refractivity contribution in [2.24, 2.45) is 0 Å². The lowest BCUT2D eigenvalue weighted by Crippen LogP contribution is -1.92. The Morgan fingerprint density at radius 3 is 1.72 bits per heavy atom. The van der Waals surface area contributed by atoms with Crippen molar-refractivity contribution >= 4 is 75.5 Å². The molecule has 4 heteroatoms.